The molecule has 11 heteroatoms. The molecule has 2 amide bonds. The lowest BCUT2D eigenvalue weighted by molar-refractivity contribution is -0.139. The molecule has 11 nitrogen and oxygen atoms in total. The standard InChI is InChI=1S/C32H41N3O8/c1-20-12-9-17-33-26(20)25-23(40-27(36)21-13-10-18-34(21)29(38)42-31(2,3)4)15-8-16-24(25)41-28(37)22-14-11-19-35(22)30(39)43-32(5,6)7/h8-9,12,15-17,21-22H,10-11,13-14,18-19H2,1-7H3/t21-,22-/m0/s1. The zero-order valence-electron chi connectivity index (χ0n) is 26.0. The Morgan fingerprint density at radius 3 is 1.63 bits per heavy atom. The number of ether oxygens (including phenoxy) is 4. The third kappa shape index (κ3) is 7.82. The van der Waals surface area contributed by atoms with Crippen LogP contribution in [0.3, 0.4) is 0 Å². The molecule has 0 N–H and O–H groups in total. The summed E-state index contributed by atoms with van der Waals surface area (Å²) in [6.45, 7) is 13.2. The van der Waals surface area contributed by atoms with Gasteiger partial charge in [-0.3, -0.25) is 14.8 Å². The summed E-state index contributed by atoms with van der Waals surface area (Å²) in [5, 5.41) is 0. The van der Waals surface area contributed by atoms with Gasteiger partial charge in [-0.2, -0.15) is 0 Å². The van der Waals surface area contributed by atoms with Gasteiger partial charge in [-0.05, 0) is 97.9 Å². The predicted octanol–water partition coefficient (Wildman–Crippen LogP) is 5.67. The second kappa shape index (κ2) is 12.6. The van der Waals surface area contributed by atoms with Gasteiger partial charge in [0.1, 0.15) is 34.8 Å². The van der Waals surface area contributed by atoms with Gasteiger partial charge < -0.3 is 18.9 Å². The number of aromatic nitrogens is 1. The van der Waals surface area contributed by atoms with Crippen molar-refractivity contribution in [1.82, 2.24) is 14.8 Å². The molecule has 0 saturated carbocycles. The number of likely N-dealkylation sites (tertiary alicyclic amines) is 2. The van der Waals surface area contributed by atoms with E-state index in [0.717, 1.165) is 5.56 Å². The van der Waals surface area contributed by atoms with Gasteiger partial charge in [0, 0.05) is 19.3 Å². The van der Waals surface area contributed by atoms with E-state index in [1.807, 2.05) is 13.0 Å². The first kappa shape index (κ1) is 31.8. The highest BCUT2D eigenvalue weighted by atomic mass is 16.6. The minimum Gasteiger partial charge on any atom is -0.444 e. The lowest BCUT2D eigenvalue weighted by Gasteiger charge is -2.28. The molecule has 2 saturated heterocycles. The summed E-state index contributed by atoms with van der Waals surface area (Å²) in [5.74, 6) is -1.01. The average molecular weight is 596 g/mol. The first-order valence-electron chi connectivity index (χ1n) is 14.6. The van der Waals surface area contributed by atoms with Crippen molar-refractivity contribution in [3.8, 4) is 22.8 Å². The molecule has 0 unspecified atom stereocenters. The molecule has 1 aromatic heterocycles. The molecule has 2 aliphatic heterocycles. The Labute approximate surface area is 252 Å². The van der Waals surface area contributed by atoms with E-state index in [1.54, 1.807) is 72.0 Å². The van der Waals surface area contributed by atoms with E-state index in [1.165, 1.54) is 9.80 Å². The van der Waals surface area contributed by atoms with Gasteiger partial charge in [-0.25, -0.2) is 19.2 Å². The van der Waals surface area contributed by atoms with E-state index in [2.05, 4.69) is 4.98 Å². The number of esters is 2. The van der Waals surface area contributed by atoms with Crippen molar-refractivity contribution < 1.29 is 38.1 Å². The Kier molecular flexibility index (Phi) is 9.32. The normalized spacial score (nSPS) is 18.8. The maximum Gasteiger partial charge on any atom is 0.411 e. The lowest BCUT2D eigenvalue weighted by atomic mass is 10.0. The van der Waals surface area contributed by atoms with E-state index >= 15 is 0 Å². The second-order valence-electron chi connectivity index (χ2n) is 12.8. The fraction of sp³-hybridized carbons (Fsp3) is 0.531. The Hall–Kier alpha value is -4.15. The van der Waals surface area contributed by atoms with Crippen molar-refractivity contribution in [2.24, 2.45) is 0 Å². The van der Waals surface area contributed by atoms with E-state index in [0.29, 0.717) is 50.0 Å². The number of rotatable bonds is 5. The number of amides is 2. The predicted molar refractivity (Wildman–Crippen MR) is 158 cm³/mol. The lowest BCUT2D eigenvalue weighted by Crippen LogP contribution is -2.45. The van der Waals surface area contributed by atoms with Crippen LogP contribution in [0.1, 0.15) is 72.8 Å². The number of benzene rings is 1. The Balaban J connectivity index is 1.62. The number of carbonyl (C=O) groups is 4. The summed E-state index contributed by atoms with van der Waals surface area (Å²) in [6.07, 6.45) is 2.52. The molecule has 1 aromatic carbocycles. The number of hydrogen-bond acceptors (Lipinski definition) is 9. The van der Waals surface area contributed by atoms with Gasteiger partial charge in [0.2, 0.25) is 0 Å². The summed E-state index contributed by atoms with van der Waals surface area (Å²) in [4.78, 5) is 59.8. The fourth-order valence-corrected chi connectivity index (χ4v) is 5.12. The number of aryl methyl sites for hydroxylation is 1. The molecule has 3 heterocycles. The smallest absolute Gasteiger partial charge is 0.411 e. The summed E-state index contributed by atoms with van der Waals surface area (Å²) in [7, 11) is 0. The van der Waals surface area contributed by atoms with Crippen LogP contribution in [-0.4, -0.2) is 75.3 Å². The van der Waals surface area contributed by atoms with E-state index in [4.69, 9.17) is 18.9 Å². The third-order valence-corrected chi connectivity index (χ3v) is 6.96. The summed E-state index contributed by atoms with van der Waals surface area (Å²) < 4.78 is 22.8. The summed E-state index contributed by atoms with van der Waals surface area (Å²) in [5.41, 5.74) is 0.101. The van der Waals surface area contributed by atoms with Crippen molar-refractivity contribution in [3.63, 3.8) is 0 Å². The Morgan fingerprint density at radius 1 is 0.744 bits per heavy atom. The van der Waals surface area contributed by atoms with E-state index in [-0.39, 0.29) is 11.5 Å². The molecule has 2 aromatic rings. The van der Waals surface area contributed by atoms with Crippen molar-refractivity contribution in [2.75, 3.05) is 13.1 Å². The first-order chi connectivity index (χ1) is 20.1. The zero-order chi connectivity index (χ0) is 31.5. The minimum atomic E-state index is -0.834. The number of nitrogens with zero attached hydrogens (tertiary/aromatic N) is 3. The Morgan fingerprint density at radius 2 is 1.21 bits per heavy atom. The van der Waals surface area contributed by atoms with Crippen LogP contribution in [0.25, 0.3) is 11.3 Å². The average Bonchev–Trinajstić information content (AvgIpc) is 3.58. The summed E-state index contributed by atoms with van der Waals surface area (Å²) in [6, 6.07) is 6.73. The summed E-state index contributed by atoms with van der Waals surface area (Å²) >= 11 is 0. The molecule has 0 spiro atoms. The van der Waals surface area contributed by atoms with Gasteiger partial charge in [-0.1, -0.05) is 12.1 Å². The molecule has 0 radical (unpaired) electrons. The van der Waals surface area contributed by atoms with Crippen LogP contribution in [0.4, 0.5) is 9.59 Å². The number of carbonyl (C=O) groups excluding carboxylic acids is 4. The second-order valence-corrected chi connectivity index (χ2v) is 12.8. The van der Waals surface area contributed by atoms with Crippen molar-refractivity contribution in [3.05, 3.63) is 42.1 Å². The molecule has 0 bridgehead atoms. The SMILES string of the molecule is Cc1cccnc1-c1c(OC(=O)[C@@H]2CCCN2C(=O)OC(C)(C)C)cccc1OC(=O)[C@@H]1CCCN1C(=O)OC(C)(C)C. The van der Waals surface area contributed by atoms with Crippen LogP contribution in [0.15, 0.2) is 36.5 Å². The van der Waals surface area contributed by atoms with E-state index < -0.39 is 47.4 Å². The topological polar surface area (TPSA) is 125 Å². The Bertz CT molecular complexity index is 1300. The molecule has 232 valence electrons. The zero-order valence-corrected chi connectivity index (χ0v) is 26.0. The molecule has 2 aliphatic rings. The molecule has 0 aliphatic carbocycles. The monoisotopic (exact) mass is 595 g/mol. The van der Waals surface area contributed by atoms with Crippen molar-refractivity contribution in [1.29, 1.82) is 0 Å². The third-order valence-electron chi connectivity index (χ3n) is 6.96. The first-order valence-corrected chi connectivity index (χ1v) is 14.6. The largest absolute Gasteiger partial charge is 0.444 e. The molecule has 4 rings (SSSR count). The maximum atomic E-state index is 13.5. The molecular weight excluding hydrogens is 554 g/mol. The van der Waals surface area contributed by atoms with Gasteiger partial charge >= 0.3 is 24.1 Å². The van der Waals surface area contributed by atoms with Crippen molar-refractivity contribution >= 4 is 24.1 Å². The highest BCUT2D eigenvalue weighted by Gasteiger charge is 2.40. The minimum absolute atomic E-state index is 0.128. The van der Waals surface area contributed by atoms with Gasteiger partial charge in [-0.15, -0.1) is 0 Å². The van der Waals surface area contributed by atoms with Crippen LogP contribution < -0.4 is 9.47 Å². The molecule has 43 heavy (non-hydrogen) atoms. The van der Waals surface area contributed by atoms with Gasteiger partial charge in [0.05, 0.1) is 11.3 Å². The molecule has 2 fully saturated rings. The fourth-order valence-electron chi connectivity index (χ4n) is 5.12. The van der Waals surface area contributed by atoms with Crippen LogP contribution in [0.2, 0.25) is 0 Å². The van der Waals surface area contributed by atoms with Crippen LogP contribution in [-0.2, 0) is 19.1 Å². The van der Waals surface area contributed by atoms with Crippen LogP contribution in [0, 0.1) is 6.92 Å². The number of hydrogen-bond donors (Lipinski definition) is 0. The van der Waals surface area contributed by atoms with Crippen molar-refractivity contribution in [2.45, 2.75) is 97.4 Å². The number of pyridine rings is 1. The van der Waals surface area contributed by atoms with Crippen LogP contribution in [0.5, 0.6) is 11.5 Å². The quantitative estimate of drug-likeness (QED) is 0.318. The maximum absolute atomic E-state index is 13.5. The molecular formula is C32H41N3O8. The molecule has 2 atom stereocenters. The van der Waals surface area contributed by atoms with E-state index in [9.17, 15) is 19.2 Å². The highest BCUT2D eigenvalue weighted by Crippen LogP contribution is 2.40. The van der Waals surface area contributed by atoms with Gasteiger partial charge in [0.25, 0.3) is 0 Å². The van der Waals surface area contributed by atoms with Crippen LogP contribution >= 0.6 is 0 Å². The highest BCUT2D eigenvalue weighted by molar-refractivity contribution is 5.89. The van der Waals surface area contributed by atoms with Gasteiger partial charge in [0.15, 0.2) is 0 Å².